The highest BCUT2D eigenvalue weighted by Gasteiger charge is 2.25. The van der Waals surface area contributed by atoms with E-state index in [4.69, 9.17) is 6.42 Å². The van der Waals surface area contributed by atoms with Crippen LogP contribution in [0.15, 0.2) is 24.4 Å². The lowest BCUT2D eigenvalue weighted by Gasteiger charge is -2.06. The second-order valence-corrected chi connectivity index (χ2v) is 7.45. The molecule has 0 amide bonds. The molecule has 6 nitrogen and oxygen atoms in total. The van der Waals surface area contributed by atoms with Crippen LogP contribution in [0.1, 0.15) is 54.3 Å². The Balaban J connectivity index is 1.62. The van der Waals surface area contributed by atoms with Gasteiger partial charge < -0.3 is 10.4 Å². The summed E-state index contributed by atoms with van der Waals surface area (Å²) in [5.41, 5.74) is 1.72. The predicted octanol–water partition coefficient (Wildman–Crippen LogP) is 3.97. The molecule has 0 unspecified atom stereocenters. The molecule has 1 fully saturated rings. The van der Waals surface area contributed by atoms with Gasteiger partial charge in [0.25, 0.3) is 0 Å². The van der Waals surface area contributed by atoms with Crippen LogP contribution >= 0.6 is 11.3 Å². The lowest BCUT2D eigenvalue weighted by Crippen LogP contribution is -2.00. The Bertz CT molecular complexity index is 966. The first-order valence-electron chi connectivity index (χ1n) is 8.62. The minimum atomic E-state index is -0.457. The maximum atomic E-state index is 9.99. The van der Waals surface area contributed by atoms with E-state index in [9.17, 15) is 5.11 Å². The van der Waals surface area contributed by atoms with Gasteiger partial charge in [-0.2, -0.15) is 5.10 Å². The van der Waals surface area contributed by atoms with Gasteiger partial charge in [0.05, 0.1) is 16.5 Å². The number of aromatic nitrogens is 4. The first-order chi connectivity index (χ1) is 12.7. The molecule has 0 spiro atoms. The van der Waals surface area contributed by atoms with E-state index in [-0.39, 0.29) is 0 Å². The molecule has 7 heteroatoms. The minimum absolute atomic E-state index is 0.457. The lowest BCUT2D eigenvalue weighted by molar-refractivity contribution is 0.177. The van der Waals surface area contributed by atoms with Crippen LogP contribution in [0, 0.1) is 12.3 Å². The third-order valence-electron chi connectivity index (χ3n) is 4.37. The Labute approximate surface area is 155 Å². The largest absolute Gasteiger partial charge is 0.388 e. The third-order valence-corrected chi connectivity index (χ3v) is 5.55. The molecule has 1 aliphatic rings. The van der Waals surface area contributed by atoms with Crippen molar-refractivity contribution in [3.63, 3.8) is 0 Å². The van der Waals surface area contributed by atoms with Crippen LogP contribution in [0.2, 0.25) is 0 Å². The Morgan fingerprint density at radius 2 is 2.31 bits per heavy atom. The molecule has 1 saturated carbocycles. The van der Waals surface area contributed by atoms with Crippen LogP contribution in [0.25, 0.3) is 10.7 Å². The number of anilines is 2. The van der Waals surface area contributed by atoms with Gasteiger partial charge in [0.15, 0.2) is 17.5 Å². The van der Waals surface area contributed by atoms with E-state index in [2.05, 4.69) is 31.4 Å². The van der Waals surface area contributed by atoms with Crippen molar-refractivity contribution in [3.05, 3.63) is 40.5 Å². The smallest absolute Gasteiger partial charge is 0.171 e. The Morgan fingerprint density at radius 1 is 1.46 bits per heavy atom. The van der Waals surface area contributed by atoms with Gasteiger partial charge in [-0.1, -0.05) is 12.8 Å². The fourth-order valence-electron chi connectivity index (χ4n) is 2.68. The first-order valence-corrected chi connectivity index (χ1v) is 9.43. The quantitative estimate of drug-likeness (QED) is 0.575. The molecule has 3 heterocycles. The number of aliphatic hydroxyl groups excluding tert-OH is 1. The summed E-state index contributed by atoms with van der Waals surface area (Å²) in [6, 6.07) is 5.84. The van der Waals surface area contributed by atoms with E-state index in [1.54, 1.807) is 6.20 Å². The highest BCUT2D eigenvalue weighted by atomic mass is 32.1. The maximum absolute atomic E-state index is 9.99. The monoisotopic (exact) mass is 365 g/mol. The first kappa shape index (κ1) is 16.8. The molecule has 1 atom stereocenters. The molecular weight excluding hydrogens is 346 g/mol. The number of nitrogens with zero attached hydrogens (tertiary/aromatic N) is 3. The Morgan fingerprint density at radius 3 is 3.04 bits per heavy atom. The fourth-order valence-corrected chi connectivity index (χ4v) is 3.70. The number of nitrogens with one attached hydrogen (secondary N) is 2. The van der Waals surface area contributed by atoms with Gasteiger partial charge in [-0.15, -0.1) is 17.8 Å². The zero-order chi connectivity index (χ0) is 18.1. The summed E-state index contributed by atoms with van der Waals surface area (Å²) < 4.78 is 0. The molecule has 132 valence electrons. The van der Waals surface area contributed by atoms with E-state index >= 15 is 0 Å². The summed E-state index contributed by atoms with van der Waals surface area (Å²) in [5, 5.41) is 20.5. The van der Waals surface area contributed by atoms with Gasteiger partial charge >= 0.3 is 0 Å². The van der Waals surface area contributed by atoms with Crippen LogP contribution in [-0.2, 0) is 0 Å². The maximum Gasteiger partial charge on any atom is 0.171 e. The van der Waals surface area contributed by atoms with Crippen molar-refractivity contribution in [3.8, 4) is 23.0 Å². The molecule has 0 aromatic carbocycles. The number of aliphatic hydroxyl groups is 1. The van der Waals surface area contributed by atoms with Crippen LogP contribution in [-0.4, -0.2) is 25.3 Å². The van der Waals surface area contributed by atoms with Gasteiger partial charge in [-0.25, -0.2) is 9.97 Å². The molecular formula is C19H19N5OS. The molecule has 0 aliphatic heterocycles. The van der Waals surface area contributed by atoms with Gasteiger partial charge in [-0.05, 0) is 31.4 Å². The third kappa shape index (κ3) is 3.34. The van der Waals surface area contributed by atoms with Crippen LogP contribution in [0.3, 0.4) is 0 Å². The molecule has 3 aromatic rings. The van der Waals surface area contributed by atoms with E-state index in [1.807, 2.05) is 25.1 Å². The van der Waals surface area contributed by atoms with Crippen molar-refractivity contribution in [1.82, 2.24) is 20.2 Å². The fraction of sp³-hybridized carbons (Fsp3) is 0.316. The van der Waals surface area contributed by atoms with Gasteiger partial charge in [0, 0.05) is 28.8 Å². The zero-order valence-corrected chi connectivity index (χ0v) is 15.2. The SMILES string of the molecule is C#Cc1cnc(-c2ccc([C@@H](O)CC)s2)nc1Nc1cc(C2CC2)[nH]n1. The minimum Gasteiger partial charge on any atom is -0.388 e. The number of hydrogen-bond donors (Lipinski definition) is 3. The van der Waals surface area contributed by atoms with Gasteiger partial charge in [-0.3, -0.25) is 5.10 Å². The predicted molar refractivity (Wildman–Crippen MR) is 102 cm³/mol. The number of rotatable bonds is 6. The Kier molecular flexibility index (Phi) is 4.45. The molecule has 0 saturated heterocycles. The summed E-state index contributed by atoms with van der Waals surface area (Å²) in [6.07, 6.45) is 9.85. The highest BCUT2D eigenvalue weighted by molar-refractivity contribution is 7.15. The summed E-state index contributed by atoms with van der Waals surface area (Å²) >= 11 is 1.49. The second-order valence-electron chi connectivity index (χ2n) is 6.33. The average molecular weight is 365 g/mol. The molecule has 0 radical (unpaired) electrons. The summed E-state index contributed by atoms with van der Waals surface area (Å²) in [4.78, 5) is 10.8. The van der Waals surface area contributed by atoms with Crippen LogP contribution in [0.5, 0.6) is 0 Å². The second kappa shape index (κ2) is 6.90. The standard InChI is InChI=1S/C19H19N5OS/c1-3-11-10-20-19(16-8-7-15(26-16)14(25)4-2)22-18(11)21-17-9-13(23-24-17)12-5-6-12/h1,7-10,12,14,25H,4-6H2,2H3,(H2,20,21,22,23,24)/t14-/m0/s1. The van der Waals surface area contributed by atoms with Gasteiger partial charge in [0.2, 0.25) is 0 Å². The van der Waals surface area contributed by atoms with Crippen molar-refractivity contribution in [2.24, 2.45) is 0 Å². The van der Waals surface area contributed by atoms with Crippen LogP contribution in [0.4, 0.5) is 11.6 Å². The number of hydrogen-bond acceptors (Lipinski definition) is 6. The molecule has 3 N–H and O–H groups in total. The molecule has 26 heavy (non-hydrogen) atoms. The Hall–Kier alpha value is -2.69. The number of terminal acetylenes is 1. The molecule has 4 rings (SSSR count). The number of thiophene rings is 1. The molecule has 0 bridgehead atoms. The lowest BCUT2D eigenvalue weighted by atomic mass is 10.2. The summed E-state index contributed by atoms with van der Waals surface area (Å²) in [7, 11) is 0. The summed E-state index contributed by atoms with van der Waals surface area (Å²) in [6.45, 7) is 1.95. The zero-order valence-electron chi connectivity index (χ0n) is 14.4. The highest BCUT2D eigenvalue weighted by Crippen LogP contribution is 2.39. The number of H-pyrrole nitrogens is 1. The molecule has 1 aliphatic carbocycles. The van der Waals surface area contributed by atoms with E-state index < -0.39 is 6.10 Å². The normalized spacial score (nSPS) is 14.8. The average Bonchev–Trinajstić information content (AvgIpc) is 3.21. The topological polar surface area (TPSA) is 86.7 Å². The molecule has 3 aromatic heterocycles. The van der Waals surface area contributed by atoms with E-state index in [0.717, 1.165) is 15.4 Å². The summed E-state index contributed by atoms with van der Waals surface area (Å²) in [5.74, 6) is 5.03. The van der Waals surface area contributed by atoms with Crippen molar-refractivity contribution < 1.29 is 5.11 Å². The van der Waals surface area contributed by atoms with Crippen molar-refractivity contribution in [2.75, 3.05) is 5.32 Å². The number of aromatic amines is 1. The van der Waals surface area contributed by atoms with Crippen molar-refractivity contribution in [1.29, 1.82) is 0 Å². The van der Waals surface area contributed by atoms with Crippen molar-refractivity contribution in [2.45, 2.75) is 38.2 Å². The van der Waals surface area contributed by atoms with Crippen LogP contribution < -0.4 is 5.32 Å². The van der Waals surface area contributed by atoms with E-state index in [1.165, 1.54) is 24.2 Å². The van der Waals surface area contributed by atoms with E-state index in [0.29, 0.717) is 35.4 Å². The van der Waals surface area contributed by atoms with Crippen molar-refractivity contribution >= 4 is 23.0 Å². The van der Waals surface area contributed by atoms with Gasteiger partial charge in [0.1, 0.15) is 0 Å².